The van der Waals surface area contributed by atoms with Gasteiger partial charge >= 0.3 is 8.03 Å². The van der Waals surface area contributed by atoms with Gasteiger partial charge in [-0.05, 0) is 35.0 Å². The maximum Gasteiger partial charge on any atom is 0.505 e. The van der Waals surface area contributed by atoms with E-state index in [1.54, 1.807) is 0 Å². The van der Waals surface area contributed by atoms with E-state index in [0.717, 1.165) is 12.8 Å². The van der Waals surface area contributed by atoms with E-state index in [4.69, 9.17) is 10.6 Å². The molecule has 0 saturated carbocycles. The predicted molar refractivity (Wildman–Crippen MR) is 99.1 cm³/mol. The van der Waals surface area contributed by atoms with E-state index in [0.29, 0.717) is 12.6 Å². The van der Waals surface area contributed by atoms with Gasteiger partial charge in [-0.3, -0.25) is 0 Å². The first-order valence-corrected chi connectivity index (χ1v) is 10.5. The van der Waals surface area contributed by atoms with Gasteiger partial charge in [0.15, 0.2) is 6.16 Å². The molecule has 3 N–H and O–H groups in total. The summed E-state index contributed by atoms with van der Waals surface area (Å²) in [6.07, 6.45) is 12.3. The number of hydrogen-bond acceptors (Lipinski definition) is 2. The molecule has 0 heterocycles. The van der Waals surface area contributed by atoms with Gasteiger partial charge in [-0.2, -0.15) is 4.89 Å². The highest BCUT2D eigenvalue weighted by Gasteiger charge is 2.13. The molecule has 130 valence electrons. The van der Waals surface area contributed by atoms with Crippen LogP contribution in [0, 0.1) is 0 Å². The van der Waals surface area contributed by atoms with Gasteiger partial charge in [-0.15, -0.1) is 0 Å². The number of benzene rings is 1. The highest BCUT2D eigenvalue weighted by molar-refractivity contribution is 7.37. The molecule has 1 aromatic rings. The normalized spacial score (nSPS) is 13.1. The Hall–Kier alpha value is -0.760. The molecule has 0 spiro atoms. The van der Waals surface area contributed by atoms with Crippen LogP contribution in [-0.2, 0) is 17.4 Å². The van der Waals surface area contributed by atoms with Crippen LogP contribution in [0.15, 0.2) is 24.3 Å². The Balaban J connectivity index is 2.19. The fourth-order valence-electron chi connectivity index (χ4n) is 2.81. The molecule has 23 heavy (non-hydrogen) atoms. The Labute approximate surface area is 142 Å². The summed E-state index contributed by atoms with van der Waals surface area (Å²) in [5.41, 5.74) is 8.61. The average Bonchev–Trinajstić information content (AvgIpc) is 2.53. The van der Waals surface area contributed by atoms with Crippen molar-refractivity contribution in [1.82, 2.24) is 0 Å². The minimum absolute atomic E-state index is 0.0323. The van der Waals surface area contributed by atoms with Crippen molar-refractivity contribution in [1.29, 1.82) is 0 Å². The molecule has 1 aromatic carbocycles. The van der Waals surface area contributed by atoms with Crippen LogP contribution in [0.1, 0.15) is 69.4 Å². The largest absolute Gasteiger partial charge is 0.505 e. The van der Waals surface area contributed by atoms with Crippen LogP contribution in [0.2, 0.25) is 0 Å². The fraction of sp³-hybridized carbons (Fsp3) is 0.684. The maximum atomic E-state index is 10.7. The van der Waals surface area contributed by atoms with Crippen LogP contribution in [0.25, 0.3) is 0 Å². The lowest BCUT2D eigenvalue weighted by molar-refractivity contribution is 0.496. The van der Waals surface area contributed by atoms with Gasteiger partial charge in [-0.1, -0.05) is 69.7 Å². The summed E-state index contributed by atoms with van der Waals surface area (Å²) in [6.45, 7) is 2.25. The first-order chi connectivity index (χ1) is 11.1. The Morgan fingerprint density at radius 1 is 1.00 bits per heavy atom. The topological polar surface area (TPSA) is 63.3 Å². The number of aryl methyl sites for hydroxylation is 1. The first kappa shape index (κ1) is 20.3. The molecular formula is C19H33NO2P+. The summed E-state index contributed by atoms with van der Waals surface area (Å²) in [5.74, 6) is 0. The molecule has 0 saturated heterocycles. The summed E-state index contributed by atoms with van der Waals surface area (Å²) in [6, 6.07) is 8.66. The van der Waals surface area contributed by atoms with Crippen molar-refractivity contribution in [3.8, 4) is 0 Å². The van der Waals surface area contributed by atoms with Gasteiger partial charge in [0.25, 0.3) is 0 Å². The van der Waals surface area contributed by atoms with Gasteiger partial charge in [0.2, 0.25) is 0 Å². The number of hydrogen-bond donors (Lipinski definition) is 2. The third kappa shape index (κ3) is 10.6. The molecule has 0 radical (unpaired) electrons. The first-order valence-electron chi connectivity index (χ1n) is 9.08. The molecule has 0 aliphatic rings. The minimum atomic E-state index is -2.06. The van der Waals surface area contributed by atoms with Crippen molar-refractivity contribution in [3.63, 3.8) is 0 Å². The van der Waals surface area contributed by atoms with E-state index >= 15 is 0 Å². The number of rotatable bonds is 13. The lowest BCUT2D eigenvalue weighted by atomic mass is 10.0. The van der Waals surface area contributed by atoms with Crippen molar-refractivity contribution in [2.45, 2.75) is 77.2 Å². The third-order valence-electron chi connectivity index (χ3n) is 4.28. The molecule has 1 rings (SSSR count). The van der Waals surface area contributed by atoms with Gasteiger partial charge in [-0.25, -0.2) is 0 Å². The standard InChI is InChI=1S/C19H32NO2P/c1-2-3-4-5-6-7-8-9-17-10-12-18(13-11-17)16-19(20)14-15-23(21)22/h10-13,19H,2-9,14-16,20H2,1H3/p+1. The monoisotopic (exact) mass is 338 g/mol. The van der Waals surface area contributed by atoms with Crippen LogP contribution in [-0.4, -0.2) is 17.1 Å². The molecule has 0 fully saturated rings. The van der Waals surface area contributed by atoms with Crippen molar-refractivity contribution < 1.29 is 9.46 Å². The van der Waals surface area contributed by atoms with Gasteiger partial charge < -0.3 is 5.73 Å². The third-order valence-corrected chi connectivity index (χ3v) is 4.92. The van der Waals surface area contributed by atoms with Crippen LogP contribution >= 0.6 is 8.03 Å². The van der Waals surface area contributed by atoms with Crippen molar-refractivity contribution in [2.75, 3.05) is 6.16 Å². The van der Waals surface area contributed by atoms with E-state index in [9.17, 15) is 4.57 Å². The summed E-state index contributed by atoms with van der Waals surface area (Å²) < 4.78 is 10.7. The summed E-state index contributed by atoms with van der Waals surface area (Å²) in [5, 5.41) is 0. The molecule has 0 aromatic heterocycles. The van der Waals surface area contributed by atoms with Crippen molar-refractivity contribution in [3.05, 3.63) is 35.4 Å². The molecule has 0 aliphatic carbocycles. The van der Waals surface area contributed by atoms with E-state index in [1.165, 1.54) is 56.1 Å². The molecule has 2 unspecified atom stereocenters. The maximum absolute atomic E-state index is 10.7. The summed E-state index contributed by atoms with van der Waals surface area (Å²) in [7, 11) is -2.06. The lowest BCUT2D eigenvalue weighted by Crippen LogP contribution is -2.23. The summed E-state index contributed by atoms with van der Waals surface area (Å²) in [4.78, 5) is 8.82. The smallest absolute Gasteiger partial charge is 0.327 e. The van der Waals surface area contributed by atoms with Crippen LogP contribution < -0.4 is 5.73 Å². The van der Waals surface area contributed by atoms with Gasteiger partial charge in [0.1, 0.15) is 0 Å². The van der Waals surface area contributed by atoms with Crippen LogP contribution in [0.5, 0.6) is 0 Å². The molecule has 0 amide bonds. The Morgan fingerprint density at radius 2 is 1.57 bits per heavy atom. The molecule has 2 atom stereocenters. The van der Waals surface area contributed by atoms with E-state index in [-0.39, 0.29) is 6.04 Å². The highest BCUT2D eigenvalue weighted by Crippen LogP contribution is 2.17. The second-order valence-electron chi connectivity index (χ2n) is 6.52. The zero-order valence-corrected chi connectivity index (χ0v) is 15.4. The number of unbranched alkanes of at least 4 members (excludes halogenated alkanes) is 6. The van der Waals surface area contributed by atoms with Gasteiger partial charge in [0, 0.05) is 12.5 Å². The number of nitrogens with two attached hydrogens (primary N) is 1. The Bertz CT molecular complexity index is 434. The fourth-order valence-corrected chi connectivity index (χ4v) is 3.36. The van der Waals surface area contributed by atoms with Crippen LogP contribution in [0.4, 0.5) is 0 Å². The molecule has 0 aliphatic heterocycles. The van der Waals surface area contributed by atoms with E-state index < -0.39 is 8.03 Å². The predicted octanol–water partition coefficient (Wildman–Crippen LogP) is 4.97. The summed E-state index contributed by atoms with van der Waals surface area (Å²) >= 11 is 0. The zero-order chi connectivity index (χ0) is 16.9. The van der Waals surface area contributed by atoms with E-state index in [1.807, 2.05) is 0 Å². The quantitative estimate of drug-likeness (QED) is 0.394. The second-order valence-corrected chi connectivity index (χ2v) is 7.67. The Morgan fingerprint density at radius 3 is 2.17 bits per heavy atom. The zero-order valence-electron chi connectivity index (χ0n) is 14.5. The minimum Gasteiger partial charge on any atom is -0.327 e. The highest BCUT2D eigenvalue weighted by atomic mass is 31.1. The van der Waals surface area contributed by atoms with E-state index in [2.05, 4.69) is 31.2 Å². The molecule has 3 nitrogen and oxygen atoms in total. The van der Waals surface area contributed by atoms with Crippen LogP contribution in [0.3, 0.4) is 0 Å². The average molecular weight is 338 g/mol. The SMILES string of the molecule is CCCCCCCCCc1ccc(CC(N)CC[P+](=O)O)cc1. The molecular weight excluding hydrogens is 305 g/mol. The Kier molecular flexibility index (Phi) is 11.1. The lowest BCUT2D eigenvalue weighted by Gasteiger charge is -2.09. The molecule has 4 heteroatoms. The van der Waals surface area contributed by atoms with Crippen molar-refractivity contribution in [2.24, 2.45) is 5.73 Å². The second kappa shape index (κ2) is 12.6. The van der Waals surface area contributed by atoms with Gasteiger partial charge in [0.05, 0.1) is 0 Å². The molecule has 0 bridgehead atoms. The van der Waals surface area contributed by atoms with Crippen molar-refractivity contribution >= 4 is 8.03 Å².